The van der Waals surface area contributed by atoms with Gasteiger partial charge in [0.05, 0.1) is 32.3 Å². The number of hydrogen-bond donors (Lipinski definition) is 0. The zero-order valence-electron chi connectivity index (χ0n) is 84.6. The summed E-state index contributed by atoms with van der Waals surface area (Å²) in [4.78, 5) is 0. The molecule has 0 radical (unpaired) electrons. The molecule has 0 atom stereocenters. The largest absolute Gasteiger partial charge is 0.0779 e. The lowest BCUT2D eigenvalue weighted by atomic mass is 9.81. The number of rotatable bonds is 52. The van der Waals surface area contributed by atoms with Gasteiger partial charge in [0.1, 0.15) is 0 Å². The Bertz CT molecular complexity index is 4830. The van der Waals surface area contributed by atoms with E-state index >= 15 is 0 Å². The smallest absolute Gasteiger partial charge is 0.0656 e. The highest BCUT2D eigenvalue weighted by Crippen LogP contribution is 2.50. The van der Waals surface area contributed by atoms with Crippen molar-refractivity contribution in [2.45, 2.75) is 391 Å². The number of hydrogen-bond acceptors (Lipinski definition) is 0. The van der Waals surface area contributed by atoms with Crippen LogP contribution in [-0.2, 0) is 51.4 Å². The molecule has 0 aromatic heterocycles. The van der Waals surface area contributed by atoms with Crippen molar-refractivity contribution in [1.29, 1.82) is 0 Å². The lowest BCUT2D eigenvalue weighted by molar-refractivity contribution is 0.664. The van der Waals surface area contributed by atoms with E-state index in [-0.39, 0.29) is 0 Å². The highest BCUT2D eigenvalue weighted by molar-refractivity contribution is 6.90. The number of unbranched alkanes of at least 4 members (excludes halogenated alkanes) is 24. The Labute approximate surface area is 785 Å². The minimum atomic E-state index is -1.66. The Morgan fingerprint density at radius 2 is 0.297 bits per heavy atom. The van der Waals surface area contributed by atoms with Crippen LogP contribution in [0.5, 0.6) is 0 Å². The van der Waals surface area contributed by atoms with Crippen molar-refractivity contribution < 1.29 is 0 Å². The van der Waals surface area contributed by atoms with Crippen LogP contribution >= 0.6 is 0 Å². The van der Waals surface area contributed by atoms with Crippen LogP contribution in [0.15, 0.2) is 182 Å². The number of benzene rings is 12. The summed E-state index contributed by atoms with van der Waals surface area (Å²) in [5.74, 6) is 0. The molecule has 12 rings (SSSR count). The van der Waals surface area contributed by atoms with Crippen LogP contribution < -0.4 is 20.7 Å². The van der Waals surface area contributed by atoms with Gasteiger partial charge in [0.15, 0.2) is 0 Å². The van der Waals surface area contributed by atoms with E-state index < -0.39 is 32.3 Å². The zero-order valence-corrected chi connectivity index (χ0v) is 88.6. The van der Waals surface area contributed by atoms with Crippen molar-refractivity contribution in [3.63, 3.8) is 0 Å². The molecule has 0 aliphatic rings. The van der Waals surface area contributed by atoms with Gasteiger partial charge in [-0.1, -0.05) is 479 Å². The van der Waals surface area contributed by atoms with Crippen molar-refractivity contribution in [1.82, 2.24) is 0 Å². The van der Waals surface area contributed by atoms with Gasteiger partial charge in [-0.3, -0.25) is 0 Å². The second kappa shape index (κ2) is 47.3. The summed E-state index contributed by atoms with van der Waals surface area (Å²) < 4.78 is 0. The molecule has 682 valence electrons. The van der Waals surface area contributed by atoms with Gasteiger partial charge in [-0.25, -0.2) is 0 Å². The molecule has 0 aliphatic heterocycles. The van der Waals surface area contributed by atoms with Gasteiger partial charge in [0, 0.05) is 0 Å². The molecule has 0 heterocycles. The predicted molar refractivity (Wildman–Crippen MR) is 588 cm³/mol. The van der Waals surface area contributed by atoms with Crippen molar-refractivity contribution >= 4 is 85.4 Å². The second-order valence-electron chi connectivity index (χ2n) is 43.5. The van der Waals surface area contributed by atoms with Crippen molar-refractivity contribution in [2.75, 3.05) is 0 Å². The maximum Gasteiger partial charge on any atom is 0.0779 e. The molecular formula is C124H170Si4. The van der Waals surface area contributed by atoms with Gasteiger partial charge in [0.25, 0.3) is 0 Å². The third kappa shape index (κ3) is 25.3. The van der Waals surface area contributed by atoms with Gasteiger partial charge in [0.2, 0.25) is 0 Å². The lowest BCUT2D eigenvalue weighted by Crippen LogP contribution is -2.40. The molecule has 0 bridgehead atoms. The molecule has 0 unspecified atom stereocenters. The highest BCUT2D eigenvalue weighted by Gasteiger charge is 2.30. The molecule has 0 amide bonds. The molecule has 0 aliphatic carbocycles. The van der Waals surface area contributed by atoms with Gasteiger partial charge in [-0.05, 0) is 281 Å². The maximum atomic E-state index is 2.72. The second-order valence-corrected chi connectivity index (χ2v) is 63.6. The fourth-order valence-electron chi connectivity index (χ4n) is 21.5. The molecule has 128 heavy (non-hydrogen) atoms. The van der Waals surface area contributed by atoms with E-state index in [9.17, 15) is 0 Å². The van der Waals surface area contributed by atoms with Crippen LogP contribution in [0.4, 0.5) is 0 Å². The molecule has 0 spiro atoms. The topological polar surface area (TPSA) is 0 Å². The summed E-state index contributed by atoms with van der Waals surface area (Å²) in [5.41, 5.74) is 34.2. The monoisotopic (exact) mass is 1770 g/mol. The van der Waals surface area contributed by atoms with Crippen LogP contribution in [0.25, 0.3) is 121 Å². The normalized spacial score (nSPS) is 12.4. The van der Waals surface area contributed by atoms with Gasteiger partial charge in [-0.2, -0.15) is 0 Å². The lowest BCUT2D eigenvalue weighted by Gasteiger charge is -2.25. The summed E-state index contributed by atoms with van der Waals surface area (Å²) in [6, 6.07) is 77.4. The zero-order chi connectivity index (χ0) is 91.1. The first kappa shape index (κ1) is 99.6. The molecule has 0 saturated carbocycles. The fourth-order valence-corrected chi connectivity index (χ4v) is 28.6. The highest BCUT2D eigenvalue weighted by atomic mass is 28.3. The average molecular weight is 1770 g/mol. The maximum absolute atomic E-state index is 2.72. The standard InChI is InChI=1S/C124H170Si4/c1-21-29-37-45-53-99-85-119(125(9,10)11)103(57-49-41-33-25-5)81-111(99)91-61-69-95(70-62-91)115-89-116(96-71-63-92(64-72-96)112-82-104(58-50-42-34-26-6)120(126(12,13)14)86-100(112)54-46-38-30-22-2)108-79-80-110-118(98-75-67-94(68-76-98)114-84-106(60-52-44-36-28-8)122(128(18,19)20)88-102(114)56-48-40-32-24-4)90-117(109-78-77-107(115)123(108)124(109)110)97-73-65-93(66-74-97)113-83-105(59-51-43-35-27-7)121(127(15,16)17)87-101(113)55-47-39-31-23-3/h61-90H,21-60H2,1-20H3. The number of aryl methyl sites for hydroxylation is 8. The average Bonchev–Trinajstić information content (AvgIpc) is 0.704. The van der Waals surface area contributed by atoms with Crippen molar-refractivity contribution in [3.05, 3.63) is 226 Å². The van der Waals surface area contributed by atoms with E-state index in [0.29, 0.717) is 0 Å². The van der Waals surface area contributed by atoms with Gasteiger partial charge >= 0.3 is 0 Å². The van der Waals surface area contributed by atoms with Crippen LogP contribution in [-0.4, -0.2) is 32.3 Å². The van der Waals surface area contributed by atoms with Crippen LogP contribution in [0.1, 0.15) is 305 Å². The predicted octanol–water partition coefficient (Wildman–Crippen LogP) is 37.1. The Morgan fingerprint density at radius 1 is 0.148 bits per heavy atom. The molecule has 12 aromatic rings. The summed E-state index contributed by atoms with van der Waals surface area (Å²) >= 11 is 0. The van der Waals surface area contributed by atoms with Crippen LogP contribution in [0.3, 0.4) is 0 Å². The molecule has 4 heteroatoms. The minimum Gasteiger partial charge on any atom is -0.0656 e. The molecule has 0 N–H and O–H groups in total. The van der Waals surface area contributed by atoms with E-state index in [0.717, 1.165) is 25.7 Å². The third-order valence-corrected chi connectivity index (χ3v) is 37.2. The van der Waals surface area contributed by atoms with Gasteiger partial charge < -0.3 is 0 Å². The van der Waals surface area contributed by atoms with E-state index in [2.05, 4.69) is 316 Å². The quantitative estimate of drug-likeness (QED) is 0.0202. The first-order valence-corrected chi connectivity index (χ1v) is 66.6. The van der Waals surface area contributed by atoms with Crippen LogP contribution in [0.2, 0.25) is 78.6 Å². The molecule has 0 fully saturated rings. The Hall–Kier alpha value is -7.45. The van der Waals surface area contributed by atoms with Crippen molar-refractivity contribution in [2.24, 2.45) is 0 Å². The van der Waals surface area contributed by atoms with E-state index in [4.69, 9.17) is 0 Å². The van der Waals surface area contributed by atoms with E-state index in [1.165, 1.54) is 352 Å². The van der Waals surface area contributed by atoms with E-state index in [1.54, 1.807) is 65.3 Å². The Morgan fingerprint density at radius 3 is 0.445 bits per heavy atom. The minimum absolute atomic E-state index is 1.13. The first-order valence-electron chi connectivity index (χ1n) is 52.6. The first-order chi connectivity index (χ1) is 61.7. The summed E-state index contributed by atoms with van der Waals surface area (Å²) in [5, 5.41) is 14.8. The molecule has 0 saturated heterocycles. The van der Waals surface area contributed by atoms with Crippen LogP contribution in [0, 0.1) is 0 Å². The molecule has 0 nitrogen and oxygen atoms in total. The van der Waals surface area contributed by atoms with Crippen molar-refractivity contribution in [3.8, 4) is 89.0 Å². The fraction of sp³-hybridized carbons (Fsp3) is 0.484. The van der Waals surface area contributed by atoms with E-state index in [1.807, 2.05) is 0 Å². The Kier molecular flexibility index (Phi) is 36.8. The summed E-state index contributed by atoms with van der Waals surface area (Å²) in [6.07, 6.45) is 50.0. The molecule has 12 aromatic carbocycles. The third-order valence-electron chi connectivity index (χ3n) is 28.9. The van der Waals surface area contributed by atoms with Gasteiger partial charge in [-0.15, -0.1) is 0 Å². The summed E-state index contributed by atoms with van der Waals surface area (Å²) in [6.45, 7) is 49.8. The molecular weight excluding hydrogens is 1600 g/mol. The summed E-state index contributed by atoms with van der Waals surface area (Å²) in [7, 11) is -6.66. The Balaban J connectivity index is 1.12. The SMILES string of the molecule is CCCCCCc1cc([Si](C)(C)C)c(CCCCCC)cc1-c1ccc(-c2cc(-c3ccc(-c4cc(CCCCCC)c([Si](C)(C)C)cc4CCCCCC)cc3)c3ccc4c(-c5ccc(-c6cc(CCCCCC)c([Si](C)(C)C)cc6CCCCCC)cc5)cc(-c5ccc(-c6cc(CCCCCC)c([Si](C)(C)C)cc6CCCCCC)cc5)c5ccc2c3c54)cc1.